The summed E-state index contributed by atoms with van der Waals surface area (Å²) in [6, 6.07) is 13.4. The lowest BCUT2D eigenvalue weighted by Crippen LogP contribution is -2.54. The molecule has 1 unspecified atom stereocenters. The Kier molecular flexibility index (Phi) is 6.61. The predicted molar refractivity (Wildman–Crippen MR) is 153 cm³/mol. The van der Waals surface area contributed by atoms with Gasteiger partial charge >= 0.3 is 0 Å². The van der Waals surface area contributed by atoms with Gasteiger partial charge in [0.2, 0.25) is 11.8 Å². The lowest BCUT2D eigenvalue weighted by molar-refractivity contribution is -0.136. The summed E-state index contributed by atoms with van der Waals surface area (Å²) in [6.07, 6.45) is 12.6. The Hall–Kier alpha value is -2.93. The van der Waals surface area contributed by atoms with Gasteiger partial charge in [0.15, 0.2) is 0 Å². The summed E-state index contributed by atoms with van der Waals surface area (Å²) in [6.45, 7) is 0. The number of amides is 4. The van der Waals surface area contributed by atoms with Crippen molar-refractivity contribution in [2.75, 3.05) is 5.75 Å². The van der Waals surface area contributed by atoms with Gasteiger partial charge in [0.05, 0.1) is 11.1 Å². The number of hydrogen-bond acceptors (Lipinski definition) is 5. The largest absolute Gasteiger partial charge is 0.295 e. The molecule has 7 heteroatoms. The van der Waals surface area contributed by atoms with E-state index in [2.05, 4.69) is 29.6 Å². The highest BCUT2D eigenvalue weighted by Crippen LogP contribution is 2.61. The quantitative estimate of drug-likeness (QED) is 0.339. The van der Waals surface area contributed by atoms with E-state index in [0.29, 0.717) is 16.5 Å². The number of piperidine rings is 1. The van der Waals surface area contributed by atoms with Crippen molar-refractivity contribution in [3.63, 3.8) is 0 Å². The number of benzene rings is 2. The van der Waals surface area contributed by atoms with Crippen molar-refractivity contribution in [2.24, 2.45) is 23.2 Å². The topological polar surface area (TPSA) is 83.6 Å². The van der Waals surface area contributed by atoms with Crippen molar-refractivity contribution in [1.29, 1.82) is 0 Å². The Morgan fingerprint density at radius 3 is 2.12 bits per heavy atom. The van der Waals surface area contributed by atoms with Gasteiger partial charge in [0.1, 0.15) is 6.04 Å². The number of hydrogen-bond donors (Lipinski definition) is 1. The van der Waals surface area contributed by atoms with Crippen molar-refractivity contribution in [1.82, 2.24) is 10.2 Å². The molecule has 6 aliphatic rings. The average molecular weight is 557 g/mol. The summed E-state index contributed by atoms with van der Waals surface area (Å²) in [7, 11) is 0. The summed E-state index contributed by atoms with van der Waals surface area (Å²) >= 11 is 1.57. The molecule has 0 spiro atoms. The van der Waals surface area contributed by atoms with Crippen molar-refractivity contribution in [3.8, 4) is 0 Å². The molecule has 40 heavy (non-hydrogen) atoms. The SMILES string of the molecule is O=C1CCC(N2C(=O)c3cccc(SCCc4ccc(CCC56CC7CC(CC(C7)C5)C6)cc4)c3C2=O)C(=O)N1. The first-order chi connectivity index (χ1) is 19.4. The smallest absolute Gasteiger partial charge is 0.263 e. The summed E-state index contributed by atoms with van der Waals surface area (Å²) < 4.78 is 0. The number of fused-ring (bicyclic) bond motifs is 1. The van der Waals surface area contributed by atoms with Crippen LogP contribution in [0.4, 0.5) is 0 Å². The van der Waals surface area contributed by atoms with Crippen LogP contribution >= 0.6 is 11.8 Å². The van der Waals surface area contributed by atoms with Crippen LogP contribution in [0.25, 0.3) is 0 Å². The zero-order chi connectivity index (χ0) is 27.4. The summed E-state index contributed by atoms with van der Waals surface area (Å²) in [5.41, 5.74) is 4.04. The number of imide groups is 2. The third kappa shape index (κ3) is 4.70. The third-order valence-electron chi connectivity index (χ3n) is 10.2. The van der Waals surface area contributed by atoms with Crippen molar-refractivity contribution >= 4 is 35.4 Å². The maximum absolute atomic E-state index is 13.3. The van der Waals surface area contributed by atoms with Crippen LogP contribution in [0.1, 0.15) is 89.6 Å². The lowest BCUT2D eigenvalue weighted by atomic mass is 9.48. The molecule has 2 heterocycles. The molecule has 8 rings (SSSR count). The van der Waals surface area contributed by atoms with Gasteiger partial charge in [-0.2, -0.15) is 0 Å². The second-order valence-corrected chi connectivity index (χ2v) is 14.1. The molecule has 4 saturated carbocycles. The monoisotopic (exact) mass is 556 g/mol. The Morgan fingerprint density at radius 1 is 0.825 bits per heavy atom. The highest BCUT2D eigenvalue weighted by Gasteiger charge is 2.50. The predicted octanol–water partition coefficient (Wildman–Crippen LogP) is 5.57. The van der Waals surface area contributed by atoms with Crippen LogP contribution in [0.5, 0.6) is 0 Å². The second-order valence-electron chi connectivity index (χ2n) is 13.0. The van der Waals surface area contributed by atoms with E-state index < -0.39 is 23.8 Å². The van der Waals surface area contributed by atoms with E-state index in [1.807, 2.05) is 6.07 Å². The van der Waals surface area contributed by atoms with Crippen LogP contribution in [0.2, 0.25) is 0 Å². The number of aryl methyl sites for hydroxylation is 2. The summed E-state index contributed by atoms with van der Waals surface area (Å²) in [5.74, 6) is 1.94. The first-order valence-electron chi connectivity index (χ1n) is 14.9. The van der Waals surface area contributed by atoms with Crippen LogP contribution in [0, 0.1) is 23.2 Å². The zero-order valence-corrected chi connectivity index (χ0v) is 23.6. The summed E-state index contributed by atoms with van der Waals surface area (Å²) in [5, 5.41) is 2.25. The zero-order valence-electron chi connectivity index (χ0n) is 22.8. The van der Waals surface area contributed by atoms with Crippen LogP contribution in [0.3, 0.4) is 0 Å². The van der Waals surface area contributed by atoms with E-state index in [0.717, 1.165) is 39.7 Å². The molecule has 2 aromatic rings. The van der Waals surface area contributed by atoms with E-state index in [9.17, 15) is 19.2 Å². The average Bonchev–Trinajstić information content (AvgIpc) is 3.18. The van der Waals surface area contributed by atoms with Crippen LogP contribution in [-0.2, 0) is 22.4 Å². The molecular formula is C33H36N2O4S. The van der Waals surface area contributed by atoms with Gasteiger partial charge in [-0.15, -0.1) is 11.8 Å². The molecule has 0 radical (unpaired) electrons. The molecule has 5 fully saturated rings. The van der Waals surface area contributed by atoms with E-state index >= 15 is 0 Å². The Labute approximate surface area is 239 Å². The fourth-order valence-corrected chi connectivity index (χ4v) is 9.84. The number of nitrogens with one attached hydrogen (secondary N) is 1. The first kappa shape index (κ1) is 26.0. The van der Waals surface area contributed by atoms with Gasteiger partial charge in [-0.3, -0.25) is 29.4 Å². The number of nitrogens with zero attached hydrogens (tertiary/aromatic N) is 1. The minimum atomic E-state index is -0.940. The summed E-state index contributed by atoms with van der Waals surface area (Å²) in [4.78, 5) is 52.1. The Bertz CT molecular complexity index is 1350. The van der Waals surface area contributed by atoms with Crippen LogP contribution < -0.4 is 5.32 Å². The molecule has 4 aliphatic carbocycles. The molecular weight excluding hydrogens is 520 g/mol. The molecule has 1 saturated heterocycles. The second kappa shape index (κ2) is 10.2. The van der Waals surface area contributed by atoms with Gasteiger partial charge in [-0.25, -0.2) is 0 Å². The maximum Gasteiger partial charge on any atom is 0.263 e. The van der Waals surface area contributed by atoms with Crippen LogP contribution in [-0.4, -0.2) is 40.3 Å². The number of carbonyl (C=O) groups excluding carboxylic acids is 4. The van der Waals surface area contributed by atoms with Crippen LogP contribution in [0.15, 0.2) is 47.4 Å². The highest BCUT2D eigenvalue weighted by molar-refractivity contribution is 7.99. The van der Waals surface area contributed by atoms with Gasteiger partial charge in [-0.05, 0) is 111 Å². The van der Waals surface area contributed by atoms with E-state index in [4.69, 9.17) is 0 Å². The first-order valence-corrected chi connectivity index (χ1v) is 15.9. The van der Waals surface area contributed by atoms with Crippen molar-refractivity contribution < 1.29 is 19.2 Å². The van der Waals surface area contributed by atoms with Crippen molar-refractivity contribution in [2.45, 2.75) is 81.6 Å². The van der Waals surface area contributed by atoms with E-state index in [1.54, 1.807) is 23.9 Å². The van der Waals surface area contributed by atoms with E-state index in [-0.39, 0.29) is 18.7 Å². The van der Waals surface area contributed by atoms with Gasteiger partial charge in [0, 0.05) is 17.1 Å². The standard InChI is InChI=1S/C33H36N2O4S/c36-28-9-8-26(30(37)34-28)35-31(38)25-2-1-3-27(29(25)32(35)39)40-13-11-21-6-4-20(5-7-21)10-12-33-17-22-14-23(18-33)16-24(15-22)19-33/h1-7,22-24,26H,8-19H2,(H,34,36,37). The number of rotatable bonds is 8. The lowest BCUT2D eigenvalue weighted by Gasteiger charge is -2.57. The minimum absolute atomic E-state index is 0.118. The molecule has 2 aromatic carbocycles. The third-order valence-corrected chi connectivity index (χ3v) is 11.3. The number of carbonyl (C=O) groups is 4. The Morgan fingerprint density at radius 2 is 1.48 bits per heavy atom. The Balaban J connectivity index is 0.955. The normalized spacial score (nSPS) is 30.6. The minimum Gasteiger partial charge on any atom is -0.295 e. The molecule has 208 valence electrons. The fourth-order valence-electron chi connectivity index (χ4n) is 8.76. The van der Waals surface area contributed by atoms with Gasteiger partial charge in [0.25, 0.3) is 11.8 Å². The molecule has 1 atom stereocenters. The maximum atomic E-state index is 13.3. The van der Waals surface area contributed by atoms with Gasteiger partial charge in [-0.1, -0.05) is 30.3 Å². The molecule has 6 nitrogen and oxygen atoms in total. The highest BCUT2D eigenvalue weighted by atomic mass is 32.2. The molecule has 4 amide bonds. The van der Waals surface area contributed by atoms with E-state index in [1.165, 1.54) is 62.5 Å². The van der Waals surface area contributed by atoms with Gasteiger partial charge < -0.3 is 0 Å². The van der Waals surface area contributed by atoms with Crippen molar-refractivity contribution in [3.05, 3.63) is 64.7 Å². The fraction of sp³-hybridized carbons (Fsp3) is 0.515. The molecule has 1 N–H and O–H groups in total. The molecule has 0 aromatic heterocycles. The number of thioether (sulfide) groups is 1. The molecule has 4 bridgehead atoms. The molecule has 2 aliphatic heterocycles.